The summed E-state index contributed by atoms with van der Waals surface area (Å²) in [6.45, 7) is 4.66. The fourth-order valence-corrected chi connectivity index (χ4v) is 4.00. The Balaban J connectivity index is 1.36. The number of aromatic amines is 1. The van der Waals surface area contributed by atoms with E-state index in [-0.39, 0.29) is 11.4 Å². The number of imidazole rings is 1. The smallest absolute Gasteiger partial charge is 0.276 e. The first kappa shape index (κ1) is 23.0. The number of carbonyl (C=O) groups is 2. The summed E-state index contributed by atoms with van der Waals surface area (Å²) in [5, 5.41) is 8.95. The second kappa shape index (κ2) is 10.6. The molecule has 1 aromatic heterocycles. The van der Waals surface area contributed by atoms with Crippen molar-refractivity contribution in [2.45, 2.75) is 19.8 Å². The molecule has 0 aliphatic carbocycles. The average molecular weight is 512 g/mol. The van der Waals surface area contributed by atoms with Gasteiger partial charge in [-0.15, -0.1) is 0 Å². The van der Waals surface area contributed by atoms with Crippen LogP contribution in [0, 0.1) is 12.8 Å². The Morgan fingerprint density at radius 3 is 2.61 bits per heavy atom. The number of H-pyrrole nitrogens is 1. The summed E-state index contributed by atoms with van der Waals surface area (Å²) in [6, 6.07) is 12.8. The van der Waals surface area contributed by atoms with Crippen LogP contribution in [0.25, 0.3) is 0 Å². The third kappa shape index (κ3) is 6.00. The first-order valence-corrected chi connectivity index (χ1v) is 11.6. The maximum atomic E-state index is 12.8. The van der Waals surface area contributed by atoms with Gasteiger partial charge in [0.15, 0.2) is 5.69 Å². The van der Waals surface area contributed by atoms with Crippen LogP contribution in [0.1, 0.15) is 39.4 Å². The second-order valence-electron chi connectivity index (χ2n) is 8.02. The van der Waals surface area contributed by atoms with Crippen LogP contribution in [-0.4, -0.2) is 41.5 Å². The quantitative estimate of drug-likeness (QED) is 0.376. The third-order valence-electron chi connectivity index (χ3n) is 5.59. The Morgan fingerprint density at radius 2 is 1.85 bits per heavy atom. The largest absolute Gasteiger partial charge is 0.493 e. The molecular weight excluding hydrogens is 486 g/mol. The van der Waals surface area contributed by atoms with E-state index in [1.165, 1.54) is 6.33 Å². The molecule has 8 nitrogen and oxygen atoms in total. The van der Waals surface area contributed by atoms with Gasteiger partial charge in [-0.2, -0.15) is 0 Å². The minimum atomic E-state index is -0.476. The van der Waals surface area contributed by atoms with Crippen LogP contribution in [0.2, 0.25) is 0 Å². The zero-order chi connectivity index (χ0) is 23.2. The van der Waals surface area contributed by atoms with Crippen molar-refractivity contribution in [3.05, 3.63) is 70.2 Å². The highest BCUT2D eigenvalue weighted by atomic mass is 79.9. The number of hydrogen-bond donors (Lipinski definition) is 4. The van der Waals surface area contributed by atoms with Gasteiger partial charge < -0.3 is 25.7 Å². The van der Waals surface area contributed by atoms with Crippen molar-refractivity contribution in [2.24, 2.45) is 5.92 Å². The van der Waals surface area contributed by atoms with Gasteiger partial charge in [-0.3, -0.25) is 9.59 Å². The van der Waals surface area contributed by atoms with Crippen molar-refractivity contribution in [3.8, 4) is 5.75 Å². The fraction of sp³-hybridized carbons (Fsp3) is 0.292. The lowest BCUT2D eigenvalue weighted by Crippen LogP contribution is -2.30. The molecule has 1 aliphatic rings. The van der Waals surface area contributed by atoms with Crippen molar-refractivity contribution in [3.63, 3.8) is 0 Å². The fourth-order valence-electron chi connectivity index (χ4n) is 3.64. The van der Waals surface area contributed by atoms with Gasteiger partial charge in [0.2, 0.25) is 0 Å². The molecule has 3 aromatic rings. The number of aryl methyl sites for hydroxylation is 1. The number of hydrogen-bond acceptors (Lipinski definition) is 5. The molecule has 1 saturated heterocycles. The molecule has 9 heteroatoms. The number of halogens is 1. The summed E-state index contributed by atoms with van der Waals surface area (Å²) in [6.07, 6.45) is 3.57. The number of amides is 2. The Kier molecular flexibility index (Phi) is 7.41. The molecule has 4 rings (SSSR count). The zero-order valence-electron chi connectivity index (χ0n) is 18.3. The molecule has 4 N–H and O–H groups in total. The molecule has 0 saturated carbocycles. The van der Waals surface area contributed by atoms with E-state index in [9.17, 15) is 9.59 Å². The van der Waals surface area contributed by atoms with Crippen LogP contribution in [0.15, 0.2) is 53.3 Å². The first-order valence-electron chi connectivity index (χ1n) is 10.9. The van der Waals surface area contributed by atoms with E-state index < -0.39 is 11.8 Å². The summed E-state index contributed by atoms with van der Waals surface area (Å²) in [5.74, 6) is 0.405. The highest BCUT2D eigenvalue weighted by Gasteiger charge is 2.21. The molecule has 0 radical (unpaired) electrons. The van der Waals surface area contributed by atoms with Crippen LogP contribution in [0.3, 0.4) is 0 Å². The average Bonchev–Trinajstić information content (AvgIpc) is 3.32. The molecule has 2 amide bonds. The lowest BCUT2D eigenvalue weighted by molar-refractivity contribution is 0.0985. The van der Waals surface area contributed by atoms with Crippen molar-refractivity contribution in [2.75, 3.05) is 30.3 Å². The molecule has 1 fully saturated rings. The Bertz CT molecular complexity index is 1120. The van der Waals surface area contributed by atoms with E-state index >= 15 is 0 Å². The minimum Gasteiger partial charge on any atom is -0.493 e. The monoisotopic (exact) mass is 511 g/mol. The molecule has 0 bridgehead atoms. The van der Waals surface area contributed by atoms with E-state index in [0.29, 0.717) is 23.9 Å². The molecule has 172 valence electrons. The lowest BCUT2D eigenvalue weighted by atomic mass is 9.99. The topological polar surface area (TPSA) is 108 Å². The number of rotatable bonds is 7. The number of benzene rings is 2. The van der Waals surface area contributed by atoms with Gasteiger partial charge in [0, 0.05) is 15.8 Å². The number of anilines is 2. The highest BCUT2D eigenvalue weighted by molar-refractivity contribution is 9.10. The normalized spacial score (nSPS) is 14.0. The van der Waals surface area contributed by atoms with Crippen molar-refractivity contribution in [1.29, 1.82) is 0 Å². The molecule has 2 aromatic carbocycles. The molecule has 1 aliphatic heterocycles. The van der Waals surface area contributed by atoms with E-state index in [2.05, 4.69) is 41.8 Å². The SMILES string of the molecule is Cc1ccc(Br)cc1NC(=O)c1[nH]cnc1C(=O)Nc1ccc(OCC2CCNCC2)cc1. The van der Waals surface area contributed by atoms with Crippen molar-refractivity contribution < 1.29 is 14.3 Å². The van der Waals surface area contributed by atoms with Gasteiger partial charge in [0.05, 0.1) is 12.9 Å². The molecule has 0 atom stereocenters. The number of nitrogens with zero attached hydrogens (tertiary/aromatic N) is 1. The lowest BCUT2D eigenvalue weighted by Gasteiger charge is -2.22. The molecule has 0 unspecified atom stereocenters. The van der Waals surface area contributed by atoms with Gasteiger partial charge >= 0.3 is 0 Å². The van der Waals surface area contributed by atoms with Crippen molar-refractivity contribution in [1.82, 2.24) is 15.3 Å². The molecule has 2 heterocycles. The number of piperidine rings is 1. The van der Waals surface area contributed by atoms with Gasteiger partial charge in [-0.25, -0.2) is 4.98 Å². The Hall–Kier alpha value is -3.17. The Morgan fingerprint density at radius 1 is 1.09 bits per heavy atom. The van der Waals surface area contributed by atoms with Gasteiger partial charge in [0.1, 0.15) is 11.4 Å². The van der Waals surface area contributed by atoms with Crippen LogP contribution >= 0.6 is 15.9 Å². The first-order chi connectivity index (χ1) is 16.0. The molecule has 33 heavy (non-hydrogen) atoms. The van der Waals surface area contributed by atoms with Crippen LogP contribution < -0.4 is 20.7 Å². The van der Waals surface area contributed by atoms with E-state index in [0.717, 1.165) is 41.7 Å². The summed E-state index contributed by atoms with van der Waals surface area (Å²) in [7, 11) is 0. The highest BCUT2D eigenvalue weighted by Crippen LogP contribution is 2.22. The zero-order valence-corrected chi connectivity index (χ0v) is 19.9. The minimum absolute atomic E-state index is 0.0198. The molecule has 0 spiro atoms. The standard InChI is InChI=1S/C24H26BrN5O3/c1-15-2-3-17(25)12-20(15)30-24(32)22-21(27-14-28-22)23(31)29-18-4-6-19(7-5-18)33-13-16-8-10-26-11-9-16/h2-7,12,14,16,26H,8-11,13H2,1H3,(H,27,28)(H,29,31)(H,30,32). The maximum Gasteiger partial charge on any atom is 0.276 e. The number of nitrogens with one attached hydrogen (secondary N) is 4. The van der Waals surface area contributed by atoms with Gasteiger partial charge in [-0.1, -0.05) is 22.0 Å². The van der Waals surface area contributed by atoms with E-state index in [1.807, 2.05) is 31.2 Å². The van der Waals surface area contributed by atoms with Crippen LogP contribution in [0.4, 0.5) is 11.4 Å². The summed E-state index contributed by atoms with van der Waals surface area (Å²) in [4.78, 5) is 32.3. The van der Waals surface area contributed by atoms with Crippen LogP contribution in [0.5, 0.6) is 5.75 Å². The van der Waals surface area contributed by atoms with Gasteiger partial charge in [0.25, 0.3) is 11.8 Å². The van der Waals surface area contributed by atoms with E-state index in [1.54, 1.807) is 18.2 Å². The number of carbonyl (C=O) groups excluding carboxylic acids is 2. The number of aromatic nitrogens is 2. The third-order valence-corrected chi connectivity index (χ3v) is 6.08. The predicted molar refractivity (Wildman–Crippen MR) is 131 cm³/mol. The summed E-state index contributed by atoms with van der Waals surface area (Å²) >= 11 is 3.40. The van der Waals surface area contributed by atoms with E-state index in [4.69, 9.17) is 4.74 Å². The summed E-state index contributed by atoms with van der Waals surface area (Å²) in [5.41, 5.74) is 2.25. The second-order valence-corrected chi connectivity index (χ2v) is 8.94. The predicted octanol–water partition coefficient (Wildman–Crippen LogP) is 4.36. The van der Waals surface area contributed by atoms with Crippen molar-refractivity contribution >= 4 is 39.1 Å². The summed E-state index contributed by atoms with van der Waals surface area (Å²) < 4.78 is 6.73. The maximum absolute atomic E-state index is 12.8. The number of ether oxygens (including phenoxy) is 1. The molecular formula is C24H26BrN5O3. The Labute approximate surface area is 200 Å². The van der Waals surface area contributed by atoms with Gasteiger partial charge in [-0.05, 0) is 80.7 Å². The van der Waals surface area contributed by atoms with Crippen LogP contribution in [-0.2, 0) is 0 Å².